The van der Waals surface area contributed by atoms with Crippen LogP contribution in [-0.2, 0) is 16.0 Å². The number of carbonyl (C=O) groups is 2. The molecule has 1 fully saturated rings. The maximum atomic E-state index is 12.2. The number of aliphatic carboxylic acids is 1. The van der Waals surface area contributed by atoms with E-state index in [1.54, 1.807) is 20.8 Å². The third-order valence-corrected chi connectivity index (χ3v) is 4.08. The van der Waals surface area contributed by atoms with Crippen LogP contribution in [-0.4, -0.2) is 40.8 Å². The first-order chi connectivity index (χ1) is 10.7. The zero-order valence-electron chi connectivity index (χ0n) is 14.2. The van der Waals surface area contributed by atoms with Crippen LogP contribution < -0.4 is 0 Å². The average Bonchev–Trinajstić information content (AvgIpc) is 2.91. The second-order valence-corrected chi connectivity index (χ2v) is 7.04. The molecule has 2 rings (SSSR count). The fraction of sp³-hybridized carbons (Fsp3) is 0.556. The average molecular weight is 319 g/mol. The van der Waals surface area contributed by atoms with Crippen molar-refractivity contribution in [3.8, 4) is 0 Å². The minimum Gasteiger partial charge on any atom is -0.481 e. The largest absolute Gasteiger partial charge is 0.481 e. The smallest absolute Gasteiger partial charge is 0.410 e. The normalized spacial score (nSPS) is 21.3. The van der Waals surface area contributed by atoms with E-state index < -0.39 is 23.6 Å². The highest BCUT2D eigenvalue weighted by atomic mass is 16.6. The Hall–Kier alpha value is -2.04. The molecule has 1 aromatic rings. The molecule has 1 aliphatic heterocycles. The van der Waals surface area contributed by atoms with Crippen LogP contribution in [0.15, 0.2) is 24.3 Å². The SMILES string of the molecule is CCc1cccc([C@H]2CN(C(=O)OC(C)(C)C)C[C@@H]2C(=O)O)c1. The number of hydrogen-bond acceptors (Lipinski definition) is 3. The van der Waals surface area contributed by atoms with Crippen molar-refractivity contribution >= 4 is 12.1 Å². The molecule has 5 nitrogen and oxygen atoms in total. The highest BCUT2D eigenvalue weighted by Crippen LogP contribution is 2.34. The van der Waals surface area contributed by atoms with Gasteiger partial charge in [0.05, 0.1) is 5.92 Å². The molecular formula is C18H25NO4. The molecule has 5 heteroatoms. The Morgan fingerprint density at radius 1 is 1.30 bits per heavy atom. The molecule has 0 spiro atoms. The number of ether oxygens (including phenoxy) is 1. The van der Waals surface area contributed by atoms with E-state index in [4.69, 9.17) is 4.74 Å². The summed E-state index contributed by atoms with van der Waals surface area (Å²) in [6, 6.07) is 7.96. The number of nitrogens with zero attached hydrogens (tertiary/aromatic N) is 1. The summed E-state index contributed by atoms with van der Waals surface area (Å²) in [5, 5.41) is 9.52. The van der Waals surface area contributed by atoms with Crippen molar-refractivity contribution < 1.29 is 19.4 Å². The van der Waals surface area contributed by atoms with Gasteiger partial charge in [-0.1, -0.05) is 31.2 Å². The number of carboxylic acids is 1. The summed E-state index contributed by atoms with van der Waals surface area (Å²) in [7, 11) is 0. The van der Waals surface area contributed by atoms with Gasteiger partial charge in [0, 0.05) is 19.0 Å². The lowest BCUT2D eigenvalue weighted by molar-refractivity contribution is -0.141. The summed E-state index contributed by atoms with van der Waals surface area (Å²) in [5.41, 5.74) is 1.56. The van der Waals surface area contributed by atoms with Crippen molar-refractivity contribution in [3.63, 3.8) is 0 Å². The van der Waals surface area contributed by atoms with Gasteiger partial charge < -0.3 is 14.7 Å². The van der Waals surface area contributed by atoms with Crippen LogP contribution >= 0.6 is 0 Å². The van der Waals surface area contributed by atoms with E-state index in [2.05, 4.69) is 6.92 Å². The van der Waals surface area contributed by atoms with Crippen LogP contribution in [0.1, 0.15) is 44.7 Å². The molecule has 23 heavy (non-hydrogen) atoms. The lowest BCUT2D eigenvalue weighted by Crippen LogP contribution is -2.35. The third kappa shape index (κ3) is 4.24. The van der Waals surface area contributed by atoms with E-state index in [0.717, 1.165) is 12.0 Å². The minimum atomic E-state index is -0.872. The molecule has 0 unspecified atom stereocenters. The fourth-order valence-electron chi connectivity index (χ4n) is 2.91. The molecule has 2 atom stereocenters. The quantitative estimate of drug-likeness (QED) is 0.928. The van der Waals surface area contributed by atoms with Crippen molar-refractivity contribution in [1.29, 1.82) is 0 Å². The number of amides is 1. The molecule has 1 heterocycles. The van der Waals surface area contributed by atoms with Gasteiger partial charge >= 0.3 is 12.1 Å². The number of benzene rings is 1. The van der Waals surface area contributed by atoms with E-state index in [1.165, 1.54) is 10.5 Å². The Balaban J connectivity index is 2.21. The second kappa shape index (κ2) is 6.60. The first-order valence-corrected chi connectivity index (χ1v) is 8.01. The lowest BCUT2D eigenvalue weighted by atomic mass is 9.88. The highest BCUT2D eigenvalue weighted by molar-refractivity contribution is 5.76. The molecule has 0 bridgehead atoms. The standard InChI is InChI=1S/C18H25NO4/c1-5-12-7-6-8-13(9-12)14-10-19(11-15(14)16(20)21)17(22)23-18(2,3)4/h6-9,14-15H,5,10-11H2,1-4H3,(H,20,21)/t14-,15+/m1/s1. The zero-order valence-corrected chi connectivity index (χ0v) is 14.2. The van der Waals surface area contributed by atoms with Crippen LogP contribution in [0.25, 0.3) is 0 Å². The molecule has 0 aliphatic carbocycles. The van der Waals surface area contributed by atoms with Gasteiger partial charge in [-0.3, -0.25) is 4.79 Å². The monoisotopic (exact) mass is 319 g/mol. The Kier molecular flexibility index (Phi) is 4.97. The van der Waals surface area contributed by atoms with Crippen LogP contribution in [0.5, 0.6) is 0 Å². The van der Waals surface area contributed by atoms with Crippen molar-refractivity contribution in [1.82, 2.24) is 4.90 Å². The van der Waals surface area contributed by atoms with Crippen molar-refractivity contribution in [2.75, 3.05) is 13.1 Å². The van der Waals surface area contributed by atoms with Gasteiger partial charge in [0.25, 0.3) is 0 Å². The number of likely N-dealkylation sites (tertiary alicyclic amines) is 1. The first kappa shape index (κ1) is 17.3. The summed E-state index contributed by atoms with van der Waals surface area (Å²) < 4.78 is 5.37. The van der Waals surface area contributed by atoms with Gasteiger partial charge in [-0.2, -0.15) is 0 Å². The fourth-order valence-corrected chi connectivity index (χ4v) is 2.91. The predicted molar refractivity (Wildman–Crippen MR) is 87.5 cm³/mol. The van der Waals surface area contributed by atoms with E-state index in [-0.39, 0.29) is 12.5 Å². The number of aryl methyl sites for hydroxylation is 1. The van der Waals surface area contributed by atoms with E-state index in [9.17, 15) is 14.7 Å². The Morgan fingerprint density at radius 2 is 2.00 bits per heavy atom. The summed E-state index contributed by atoms with van der Waals surface area (Å²) >= 11 is 0. The van der Waals surface area contributed by atoms with E-state index >= 15 is 0 Å². The van der Waals surface area contributed by atoms with Gasteiger partial charge in [0.1, 0.15) is 5.60 Å². The molecule has 0 aromatic heterocycles. The Bertz CT molecular complexity index is 591. The molecule has 0 radical (unpaired) electrons. The van der Waals surface area contributed by atoms with E-state index in [1.807, 2.05) is 24.3 Å². The minimum absolute atomic E-state index is 0.186. The van der Waals surface area contributed by atoms with Crippen LogP contribution in [0.3, 0.4) is 0 Å². The molecule has 0 saturated carbocycles. The van der Waals surface area contributed by atoms with Gasteiger partial charge in [-0.25, -0.2) is 4.79 Å². The van der Waals surface area contributed by atoms with Crippen molar-refractivity contribution in [3.05, 3.63) is 35.4 Å². The summed E-state index contributed by atoms with van der Waals surface area (Å²) in [4.78, 5) is 25.4. The molecule has 1 N–H and O–H groups in total. The maximum absolute atomic E-state index is 12.2. The molecule has 1 saturated heterocycles. The first-order valence-electron chi connectivity index (χ1n) is 8.01. The molecule has 126 valence electrons. The van der Waals surface area contributed by atoms with Gasteiger partial charge in [0.15, 0.2) is 0 Å². The zero-order chi connectivity index (χ0) is 17.2. The summed E-state index contributed by atoms with van der Waals surface area (Å²) in [6.07, 6.45) is 0.451. The molecular weight excluding hydrogens is 294 g/mol. The number of carbonyl (C=O) groups excluding carboxylic acids is 1. The number of rotatable bonds is 3. The lowest BCUT2D eigenvalue weighted by Gasteiger charge is -2.24. The van der Waals surface area contributed by atoms with Gasteiger partial charge in [-0.05, 0) is 38.3 Å². The summed E-state index contributed by atoms with van der Waals surface area (Å²) in [6.45, 7) is 8.04. The summed E-state index contributed by atoms with van der Waals surface area (Å²) in [5.74, 6) is -1.68. The van der Waals surface area contributed by atoms with Crippen LogP contribution in [0, 0.1) is 5.92 Å². The Morgan fingerprint density at radius 3 is 2.57 bits per heavy atom. The third-order valence-electron chi connectivity index (χ3n) is 4.08. The second-order valence-electron chi connectivity index (χ2n) is 7.04. The number of carboxylic acid groups (broad SMARTS) is 1. The van der Waals surface area contributed by atoms with Gasteiger partial charge in [0.2, 0.25) is 0 Å². The highest BCUT2D eigenvalue weighted by Gasteiger charge is 2.41. The van der Waals surface area contributed by atoms with Gasteiger partial charge in [-0.15, -0.1) is 0 Å². The van der Waals surface area contributed by atoms with Crippen molar-refractivity contribution in [2.24, 2.45) is 5.92 Å². The molecule has 1 aliphatic rings. The van der Waals surface area contributed by atoms with Crippen LogP contribution in [0.4, 0.5) is 4.79 Å². The number of hydrogen-bond donors (Lipinski definition) is 1. The molecule has 1 amide bonds. The predicted octanol–water partition coefficient (Wildman–Crippen LogP) is 3.28. The topological polar surface area (TPSA) is 66.8 Å². The van der Waals surface area contributed by atoms with Crippen molar-refractivity contribution in [2.45, 2.75) is 45.6 Å². The maximum Gasteiger partial charge on any atom is 0.410 e. The Labute approximate surface area is 137 Å². The van der Waals surface area contributed by atoms with E-state index in [0.29, 0.717) is 6.54 Å². The molecule has 1 aromatic carbocycles. The van der Waals surface area contributed by atoms with Crippen LogP contribution in [0.2, 0.25) is 0 Å².